The third kappa shape index (κ3) is 4.81. The molecule has 154 valence electrons. The minimum atomic E-state index is -0.170. The van der Waals surface area contributed by atoms with Gasteiger partial charge in [-0.1, -0.05) is 60.2 Å². The summed E-state index contributed by atoms with van der Waals surface area (Å²) >= 11 is 0. The average Bonchev–Trinajstić information content (AvgIpc) is 3.20. The third-order valence-electron chi connectivity index (χ3n) is 5.15. The Morgan fingerprint density at radius 2 is 1.61 bits per heavy atom. The number of rotatable bonds is 5. The Morgan fingerprint density at radius 3 is 2.35 bits per heavy atom. The highest BCUT2D eigenvalue weighted by atomic mass is 16.1. The molecule has 4 aromatic rings. The third-order valence-corrected chi connectivity index (χ3v) is 5.15. The molecule has 4 heteroatoms. The van der Waals surface area contributed by atoms with Crippen molar-refractivity contribution in [3.8, 4) is 16.9 Å². The van der Waals surface area contributed by atoms with Crippen LogP contribution in [0.5, 0.6) is 0 Å². The van der Waals surface area contributed by atoms with Crippen molar-refractivity contribution in [2.24, 2.45) is 0 Å². The van der Waals surface area contributed by atoms with Crippen molar-refractivity contribution in [1.29, 1.82) is 0 Å². The molecule has 0 fully saturated rings. The fourth-order valence-corrected chi connectivity index (χ4v) is 3.37. The molecule has 1 aromatic heterocycles. The number of nitrogens with zero attached hydrogens (tertiary/aromatic N) is 2. The van der Waals surface area contributed by atoms with E-state index < -0.39 is 0 Å². The highest BCUT2D eigenvalue weighted by Crippen LogP contribution is 2.25. The lowest BCUT2D eigenvalue weighted by atomic mass is 10.1. The van der Waals surface area contributed by atoms with Crippen molar-refractivity contribution in [2.75, 3.05) is 5.32 Å². The first-order valence-corrected chi connectivity index (χ1v) is 10.3. The summed E-state index contributed by atoms with van der Waals surface area (Å²) in [6, 6.07) is 24.2. The second-order valence-corrected chi connectivity index (χ2v) is 7.72. The average molecular weight is 408 g/mol. The lowest BCUT2D eigenvalue weighted by Crippen LogP contribution is -2.09. The number of hydrogen-bond donors (Lipinski definition) is 1. The number of para-hydroxylation sites is 1. The van der Waals surface area contributed by atoms with Gasteiger partial charge in [0.25, 0.3) is 0 Å². The van der Waals surface area contributed by atoms with Crippen LogP contribution in [0.15, 0.2) is 85.1 Å². The second kappa shape index (κ2) is 8.84. The number of aryl methyl sites for hydroxylation is 3. The molecule has 0 saturated heterocycles. The summed E-state index contributed by atoms with van der Waals surface area (Å²) in [6.45, 7) is 6.06. The van der Waals surface area contributed by atoms with Gasteiger partial charge in [0.15, 0.2) is 0 Å². The minimum Gasteiger partial charge on any atom is -0.322 e. The molecule has 0 bridgehead atoms. The smallest absolute Gasteiger partial charge is 0.248 e. The Hall–Kier alpha value is -3.92. The molecule has 3 aromatic carbocycles. The van der Waals surface area contributed by atoms with Gasteiger partial charge in [-0.05, 0) is 56.2 Å². The number of anilines is 1. The Balaban J connectivity index is 1.66. The van der Waals surface area contributed by atoms with Gasteiger partial charge < -0.3 is 5.32 Å². The maximum Gasteiger partial charge on any atom is 0.248 e. The molecule has 4 nitrogen and oxygen atoms in total. The SMILES string of the molecule is Cc1ccc(-c2nn(-c3ccccc3)cc2C=CC(=O)Nc2cc(C)ccc2C)cc1. The number of carbonyl (C=O) groups excluding carboxylic acids is 1. The quantitative estimate of drug-likeness (QED) is 0.405. The van der Waals surface area contributed by atoms with Gasteiger partial charge >= 0.3 is 0 Å². The number of aromatic nitrogens is 2. The monoisotopic (exact) mass is 407 g/mol. The van der Waals surface area contributed by atoms with Gasteiger partial charge in [0, 0.05) is 29.1 Å². The summed E-state index contributed by atoms with van der Waals surface area (Å²) in [6.07, 6.45) is 5.33. The molecule has 4 rings (SSSR count). The van der Waals surface area contributed by atoms with Gasteiger partial charge in [-0.2, -0.15) is 5.10 Å². The summed E-state index contributed by atoms with van der Waals surface area (Å²) in [7, 11) is 0. The molecule has 0 saturated carbocycles. The van der Waals surface area contributed by atoms with Crippen molar-refractivity contribution in [3.05, 3.63) is 107 Å². The van der Waals surface area contributed by atoms with Gasteiger partial charge in [-0.15, -0.1) is 0 Å². The molecule has 0 aliphatic rings. The highest BCUT2D eigenvalue weighted by molar-refractivity contribution is 6.02. The van der Waals surface area contributed by atoms with E-state index in [0.717, 1.165) is 39.3 Å². The molecule has 0 unspecified atom stereocenters. The lowest BCUT2D eigenvalue weighted by molar-refractivity contribution is -0.111. The highest BCUT2D eigenvalue weighted by Gasteiger charge is 2.11. The Bertz CT molecular complexity index is 1240. The van der Waals surface area contributed by atoms with E-state index in [-0.39, 0.29) is 5.91 Å². The Kier molecular flexibility index (Phi) is 5.80. The van der Waals surface area contributed by atoms with Gasteiger partial charge in [0.2, 0.25) is 5.91 Å². The molecule has 0 aliphatic heterocycles. The van der Waals surface area contributed by atoms with E-state index in [9.17, 15) is 4.79 Å². The van der Waals surface area contributed by atoms with E-state index in [1.54, 1.807) is 6.08 Å². The first-order valence-electron chi connectivity index (χ1n) is 10.3. The van der Waals surface area contributed by atoms with Crippen LogP contribution in [0.25, 0.3) is 23.0 Å². The maximum absolute atomic E-state index is 12.6. The molecule has 0 spiro atoms. The van der Waals surface area contributed by atoms with Gasteiger partial charge in [0.05, 0.1) is 11.4 Å². The zero-order valence-corrected chi connectivity index (χ0v) is 18.0. The minimum absolute atomic E-state index is 0.170. The van der Waals surface area contributed by atoms with Crippen molar-refractivity contribution in [1.82, 2.24) is 9.78 Å². The first kappa shape index (κ1) is 20.4. The van der Waals surface area contributed by atoms with Crippen LogP contribution in [0, 0.1) is 20.8 Å². The van der Waals surface area contributed by atoms with Crippen LogP contribution < -0.4 is 5.32 Å². The Morgan fingerprint density at radius 1 is 0.903 bits per heavy atom. The predicted molar refractivity (Wildman–Crippen MR) is 127 cm³/mol. The maximum atomic E-state index is 12.6. The molecule has 1 amide bonds. The second-order valence-electron chi connectivity index (χ2n) is 7.72. The van der Waals surface area contributed by atoms with Crippen molar-refractivity contribution in [3.63, 3.8) is 0 Å². The van der Waals surface area contributed by atoms with E-state index in [2.05, 4.69) is 36.5 Å². The summed E-state index contributed by atoms with van der Waals surface area (Å²) in [4.78, 5) is 12.6. The molecular weight excluding hydrogens is 382 g/mol. The summed E-state index contributed by atoms with van der Waals surface area (Å²) in [5.41, 5.74) is 7.85. The summed E-state index contributed by atoms with van der Waals surface area (Å²) in [5.74, 6) is -0.170. The predicted octanol–water partition coefficient (Wildman–Crippen LogP) is 6.12. The largest absolute Gasteiger partial charge is 0.322 e. The van der Waals surface area contributed by atoms with Gasteiger partial charge in [0.1, 0.15) is 0 Å². The molecule has 0 atom stereocenters. The number of hydrogen-bond acceptors (Lipinski definition) is 2. The van der Waals surface area contributed by atoms with E-state index >= 15 is 0 Å². The van der Waals surface area contributed by atoms with Crippen LogP contribution in [0.2, 0.25) is 0 Å². The van der Waals surface area contributed by atoms with Crippen molar-refractivity contribution >= 4 is 17.7 Å². The molecular formula is C27H25N3O. The van der Waals surface area contributed by atoms with Crippen LogP contribution in [0.3, 0.4) is 0 Å². The van der Waals surface area contributed by atoms with Gasteiger partial charge in [-0.25, -0.2) is 4.68 Å². The van der Waals surface area contributed by atoms with E-state index in [1.807, 2.05) is 79.3 Å². The van der Waals surface area contributed by atoms with Crippen LogP contribution >= 0.6 is 0 Å². The van der Waals surface area contributed by atoms with Crippen LogP contribution in [-0.2, 0) is 4.79 Å². The summed E-state index contributed by atoms with van der Waals surface area (Å²) < 4.78 is 1.84. The zero-order chi connectivity index (χ0) is 21.8. The number of amides is 1. The van der Waals surface area contributed by atoms with Crippen LogP contribution in [-0.4, -0.2) is 15.7 Å². The fourth-order valence-electron chi connectivity index (χ4n) is 3.37. The Labute approximate surface area is 182 Å². The lowest BCUT2D eigenvalue weighted by Gasteiger charge is -2.07. The van der Waals surface area contributed by atoms with Crippen molar-refractivity contribution < 1.29 is 4.79 Å². The van der Waals surface area contributed by atoms with E-state index in [1.165, 1.54) is 5.56 Å². The normalized spacial score (nSPS) is 11.1. The topological polar surface area (TPSA) is 46.9 Å². The van der Waals surface area contributed by atoms with Crippen molar-refractivity contribution in [2.45, 2.75) is 20.8 Å². The molecule has 31 heavy (non-hydrogen) atoms. The van der Waals surface area contributed by atoms with Crippen LogP contribution in [0.4, 0.5) is 5.69 Å². The number of nitrogens with one attached hydrogen (secondary N) is 1. The van der Waals surface area contributed by atoms with E-state index in [0.29, 0.717) is 0 Å². The molecule has 1 N–H and O–H groups in total. The molecule has 1 heterocycles. The van der Waals surface area contributed by atoms with Gasteiger partial charge in [-0.3, -0.25) is 4.79 Å². The van der Waals surface area contributed by atoms with E-state index in [4.69, 9.17) is 5.10 Å². The zero-order valence-electron chi connectivity index (χ0n) is 18.0. The first-order chi connectivity index (χ1) is 15.0. The standard InChI is InChI=1S/C27H25N3O/c1-19-10-13-22(14-11-19)27-23(18-30(29-27)24-7-5-4-6-8-24)15-16-26(31)28-25-17-20(2)9-12-21(25)3/h4-18H,1-3H3,(H,28,31). The number of benzene rings is 3. The fraction of sp³-hybridized carbons (Fsp3) is 0.111. The number of carbonyl (C=O) groups is 1. The molecule has 0 radical (unpaired) electrons. The summed E-state index contributed by atoms with van der Waals surface area (Å²) in [5, 5.41) is 7.78. The van der Waals surface area contributed by atoms with Crippen LogP contribution in [0.1, 0.15) is 22.3 Å². The molecule has 0 aliphatic carbocycles.